The smallest absolute Gasteiger partial charge is 0.124 e. The number of benzene rings is 2. The van der Waals surface area contributed by atoms with Crippen LogP contribution in [-0.4, -0.2) is 6.61 Å². The van der Waals surface area contributed by atoms with Crippen LogP contribution in [0.2, 0.25) is 5.02 Å². The first kappa shape index (κ1) is 14.9. The van der Waals surface area contributed by atoms with Crippen molar-refractivity contribution in [2.75, 3.05) is 6.61 Å². The van der Waals surface area contributed by atoms with Crippen LogP contribution in [0.5, 0.6) is 5.75 Å². The van der Waals surface area contributed by atoms with Gasteiger partial charge in [-0.25, -0.2) is 0 Å². The fourth-order valence-corrected chi connectivity index (χ4v) is 3.99. The van der Waals surface area contributed by atoms with Gasteiger partial charge in [-0.05, 0) is 42.5 Å². The van der Waals surface area contributed by atoms with Gasteiger partial charge in [0.05, 0.1) is 6.61 Å². The van der Waals surface area contributed by atoms with Crippen LogP contribution in [0.4, 0.5) is 0 Å². The van der Waals surface area contributed by atoms with E-state index in [4.69, 9.17) is 16.3 Å². The summed E-state index contributed by atoms with van der Waals surface area (Å²) in [6.45, 7) is 0.720. The lowest BCUT2D eigenvalue weighted by Gasteiger charge is -2.26. The van der Waals surface area contributed by atoms with Crippen molar-refractivity contribution in [1.29, 1.82) is 0 Å². The quantitative estimate of drug-likeness (QED) is 0.628. The lowest BCUT2D eigenvalue weighted by Crippen LogP contribution is -2.17. The average Bonchev–Trinajstić information content (AvgIpc) is 2.53. The van der Waals surface area contributed by atoms with Gasteiger partial charge in [0.2, 0.25) is 0 Å². The van der Waals surface area contributed by atoms with Gasteiger partial charge in [-0.2, -0.15) is 0 Å². The molecule has 0 amide bonds. The van der Waals surface area contributed by atoms with Crippen LogP contribution in [0.25, 0.3) is 0 Å². The second-order valence-corrected chi connectivity index (χ2v) is 6.42. The third kappa shape index (κ3) is 3.27. The highest BCUT2D eigenvalue weighted by Gasteiger charge is 2.20. The van der Waals surface area contributed by atoms with E-state index >= 15 is 0 Å². The van der Waals surface area contributed by atoms with Gasteiger partial charge in [-0.1, -0.05) is 57.9 Å². The molecule has 110 valence electrons. The number of ether oxygens (including phenoxy) is 1. The zero-order valence-corrected chi connectivity index (χ0v) is 14.2. The van der Waals surface area contributed by atoms with Gasteiger partial charge in [-0.15, -0.1) is 0 Å². The molecule has 2 aromatic carbocycles. The molecule has 0 saturated heterocycles. The molecular formula is C18H18BrClO. The Kier molecular flexibility index (Phi) is 4.87. The minimum atomic E-state index is 0.483. The Labute approximate surface area is 139 Å². The molecule has 1 aliphatic carbocycles. The topological polar surface area (TPSA) is 9.23 Å². The Morgan fingerprint density at radius 1 is 1.14 bits per heavy atom. The highest BCUT2D eigenvalue weighted by atomic mass is 79.9. The molecule has 1 atom stereocenters. The van der Waals surface area contributed by atoms with Crippen molar-refractivity contribution in [1.82, 2.24) is 0 Å². The van der Waals surface area contributed by atoms with E-state index in [9.17, 15) is 0 Å². The van der Waals surface area contributed by atoms with Crippen LogP contribution in [-0.2, 0) is 11.8 Å². The second kappa shape index (κ2) is 6.85. The highest BCUT2D eigenvalue weighted by Crippen LogP contribution is 2.34. The van der Waals surface area contributed by atoms with Crippen molar-refractivity contribution < 1.29 is 4.74 Å². The van der Waals surface area contributed by atoms with Gasteiger partial charge < -0.3 is 4.74 Å². The summed E-state index contributed by atoms with van der Waals surface area (Å²) < 4.78 is 6.09. The van der Waals surface area contributed by atoms with Gasteiger partial charge in [0.1, 0.15) is 5.75 Å². The summed E-state index contributed by atoms with van der Waals surface area (Å²) in [4.78, 5) is 0. The van der Waals surface area contributed by atoms with Crippen molar-refractivity contribution in [3.8, 4) is 5.75 Å². The minimum Gasteiger partial charge on any atom is -0.493 e. The first-order valence-corrected chi connectivity index (χ1v) is 8.83. The van der Waals surface area contributed by atoms with E-state index in [2.05, 4.69) is 40.2 Å². The predicted octanol–water partition coefficient (Wildman–Crippen LogP) is 5.73. The average molecular weight is 366 g/mol. The van der Waals surface area contributed by atoms with E-state index in [1.54, 1.807) is 0 Å². The molecule has 1 nitrogen and oxygen atoms in total. The fraction of sp³-hybridized carbons (Fsp3) is 0.333. The van der Waals surface area contributed by atoms with Crippen LogP contribution in [0.15, 0.2) is 42.5 Å². The molecule has 3 rings (SSSR count). The maximum absolute atomic E-state index is 6.22. The van der Waals surface area contributed by atoms with E-state index in [1.807, 2.05) is 18.2 Å². The molecule has 0 spiro atoms. The Balaban J connectivity index is 1.76. The van der Waals surface area contributed by atoms with Crippen molar-refractivity contribution in [2.24, 2.45) is 0 Å². The first-order chi connectivity index (χ1) is 10.3. The monoisotopic (exact) mass is 364 g/mol. The van der Waals surface area contributed by atoms with Gasteiger partial charge in [0, 0.05) is 21.8 Å². The number of halogens is 2. The molecule has 0 aliphatic heterocycles. The fourth-order valence-electron chi connectivity index (χ4n) is 3.02. The lowest BCUT2D eigenvalue weighted by atomic mass is 9.83. The highest BCUT2D eigenvalue weighted by molar-refractivity contribution is 9.08. The number of aryl methyl sites for hydroxylation is 1. The van der Waals surface area contributed by atoms with Gasteiger partial charge in [0.25, 0.3) is 0 Å². The summed E-state index contributed by atoms with van der Waals surface area (Å²) in [7, 11) is 0. The van der Waals surface area contributed by atoms with Crippen molar-refractivity contribution in [3.63, 3.8) is 0 Å². The molecule has 0 bridgehead atoms. The zero-order chi connectivity index (χ0) is 14.7. The molecule has 1 unspecified atom stereocenters. The first-order valence-electron chi connectivity index (χ1n) is 7.33. The normalized spacial score (nSPS) is 17.3. The largest absolute Gasteiger partial charge is 0.493 e. The molecule has 0 saturated carbocycles. The standard InChI is InChI=1S/C18H18BrClO/c19-11-16-17(20)9-4-10-18(16)21-12-14-7-3-6-13-5-1-2-8-15(13)14/h1-2,4-5,8-10,14H,3,6-7,11-12H2. The van der Waals surface area contributed by atoms with Crippen LogP contribution < -0.4 is 4.74 Å². The van der Waals surface area contributed by atoms with E-state index in [0.29, 0.717) is 11.2 Å². The summed E-state index contributed by atoms with van der Waals surface area (Å²) in [5, 5.41) is 1.47. The third-order valence-electron chi connectivity index (χ3n) is 4.14. The van der Waals surface area contributed by atoms with Crippen molar-refractivity contribution in [2.45, 2.75) is 30.5 Å². The van der Waals surface area contributed by atoms with E-state index < -0.39 is 0 Å². The van der Waals surface area contributed by atoms with Crippen LogP contribution in [0.3, 0.4) is 0 Å². The lowest BCUT2D eigenvalue weighted by molar-refractivity contribution is 0.273. The maximum atomic E-state index is 6.22. The molecule has 0 N–H and O–H groups in total. The molecule has 0 fully saturated rings. The summed E-state index contributed by atoms with van der Waals surface area (Å²) >= 11 is 9.71. The van der Waals surface area contributed by atoms with Gasteiger partial charge in [-0.3, -0.25) is 0 Å². The maximum Gasteiger partial charge on any atom is 0.124 e. The van der Waals surface area contributed by atoms with E-state index in [1.165, 1.54) is 30.4 Å². The molecule has 3 heteroatoms. The predicted molar refractivity (Wildman–Crippen MR) is 91.7 cm³/mol. The summed E-state index contributed by atoms with van der Waals surface area (Å²) in [6.07, 6.45) is 3.63. The van der Waals surface area contributed by atoms with Crippen molar-refractivity contribution in [3.05, 3.63) is 64.2 Å². The van der Waals surface area contributed by atoms with Gasteiger partial charge in [0.15, 0.2) is 0 Å². The Morgan fingerprint density at radius 2 is 2.00 bits per heavy atom. The number of hydrogen-bond acceptors (Lipinski definition) is 1. The molecule has 0 aromatic heterocycles. The summed E-state index contributed by atoms with van der Waals surface area (Å²) in [5.41, 5.74) is 3.96. The Morgan fingerprint density at radius 3 is 2.86 bits per heavy atom. The number of hydrogen-bond donors (Lipinski definition) is 0. The molecule has 0 heterocycles. The van der Waals surface area contributed by atoms with Gasteiger partial charge >= 0.3 is 0 Å². The Bertz CT molecular complexity index is 626. The minimum absolute atomic E-state index is 0.483. The van der Waals surface area contributed by atoms with Crippen molar-refractivity contribution >= 4 is 27.5 Å². The molecule has 2 aromatic rings. The molecular weight excluding hydrogens is 348 g/mol. The SMILES string of the molecule is Clc1cccc(OCC2CCCc3ccccc32)c1CBr. The summed E-state index contributed by atoms with van der Waals surface area (Å²) in [5.74, 6) is 1.37. The second-order valence-electron chi connectivity index (χ2n) is 5.45. The molecule has 1 aliphatic rings. The molecule has 0 radical (unpaired) electrons. The van der Waals surface area contributed by atoms with E-state index in [-0.39, 0.29) is 0 Å². The van der Waals surface area contributed by atoms with Crippen LogP contribution in [0, 0.1) is 0 Å². The number of rotatable bonds is 4. The van der Waals surface area contributed by atoms with Crippen LogP contribution in [0.1, 0.15) is 35.4 Å². The summed E-state index contributed by atoms with van der Waals surface area (Å²) in [6, 6.07) is 14.6. The van der Waals surface area contributed by atoms with E-state index in [0.717, 1.165) is 22.9 Å². The zero-order valence-electron chi connectivity index (χ0n) is 11.8. The molecule has 21 heavy (non-hydrogen) atoms. The number of fused-ring (bicyclic) bond motifs is 1. The Hall–Kier alpha value is -0.990. The number of alkyl halides is 1. The van der Waals surface area contributed by atoms with Crippen LogP contribution >= 0.6 is 27.5 Å². The third-order valence-corrected chi connectivity index (χ3v) is 5.06.